The molecule has 0 aliphatic rings. The molecule has 0 aromatic heterocycles. The molecule has 2 rings (SSSR count). The maximum absolute atomic E-state index is 12.0. The van der Waals surface area contributed by atoms with Gasteiger partial charge in [-0.25, -0.2) is 0 Å². The first-order valence-corrected chi connectivity index (χ1v) is 7.93. The molecule has 5 nitrogen and oxygen atoms in total. The number of hydrogen-bond acceptors (Lipinski definition) is 4. The fraction of sp³-hybridized carbons (Fsp3) is 0.316. The van der Waals surface area contributed by atoms with Crippen LogP contribution < -0.4 is 15.4 Å². The Morgan fingerprint density at radius 2 is 1.88 bits per heavy atom. The van der Waals surface area contributed by atoms with Crippen molar-refractivity contribution in [1.29, 1.82) is 0 Å². The molecule has 0 spiro atoms. The minimum atomic E-state index is -0.0815. The molecule has 0 saturated carbocycles. The third-order valence-corrected chi connectivity index (χ3v) is 3.57. The van der Waals surface area contributed by atoms with Gasteiger partial charge in [-0.2, -0.15) is 0 Å². The lowest BCUT2D eigenvalue weighted by molar-refractivity contribution is -0.115. The normalized spacial score (nSPS) is 10.4. The minimum Gasteiger partial charge on any atom is -0.496 e. The summed E-state index contributed by atoms with van der Waals surface area (Å²) in [6, 6.07) is 15.9. The molecule has 0 heterocycles. The summed E-state index contributed by atoms with van der Waals surface area (Å²) >= 11 is 0. The summed E-state index contributed by atoms with van der Waals surface area (Å²) in [7, 11) is 3.29. The first-order chi connectivity index (χ1) is 11.7. The van der Waals surface area contributed by atoms with E-state index in [9.17, 15) is 4.79 Å². The molecule has 2 N–H and O–H groups in total. The van der Waals surface area contributed by atoms with Crippen LogP contribution >= 0.6 is 0 Å². The van der Waals surface area contributed by atoms with Crippen LogP contribution in [0, 0.1) is 0 Å². The molecular formula is C19H24N2O3. The molecule has 0 atom stereocenters. The number of benzene rings is 2. The van der Waals surface area contributed by atoms with Crippen LogP contribution in [-0.2, 0) is 16.0 Å². The lowest BCUT2D eigenvalue weighted by Gasteiger charge is -2.12. The number of carbonyl (C=O) groups is 1. The van der Waals surface area contributed by atoms with Crippen molar-refractivity contribution in [3.8, 4) is 5.75 Å². The van der Waals surface area contributed by atoms with E-state index >= 15 is 0 Å². The van der Waals surface area contributed by atoms with Gasteiger partial charge in [0, 0.05) is 31.3 Å². The highest BCUT2D eigenvalue weighted by atomic mass is 16.5. The third kappa shape index (κ3) is 5.68. The quantitative estimate of drug-likeness (QED) is 0.694. The molecule has 0 radical (unpaired) electrons. The molecule has 24 heavy (non-hydrogen) atoms. The third-order valence-electron chi connectivity index (χ3n) is 3.57. The van der Waals surface area contributed by atoms with Crippen LogP contribution in [0.2, 0.25) is 0 Å². The second-order valence-corrected chi connectivity index (χ2v) is 5.41. The van der Waals surface area contributed by atoms with Gasteiger partial charge in [0.05, 0.1) is 20.3 Å². The van der Waals surface area contributed by atoms with Gasteiger partial charge in [0.1, 0.15) is 5.75 Å². The zero-order valence-corrected chi connectivity index (χ0v) is 14.2. The average molecular weight is 328 g/mol. The van der Waals surface area contributed by atoms with E-state index in [1.54, 1.807) is 14.2 Å². The van der Waals surface area contributed by atoms with Crippen LogP contribution in [0.3, 0.4) is 0 Å². The Labute approximate surface area is 143 Å². The van der Waals surface area contributed by atoms with Crippen LogP contribution in [-0.4, -0.2) is 39.8 Å². The molecule has 0 aliphatic heterocycles. The van der Waals surface area contributed by atoms with Crippen molar-refractivity contribution in [2.24, 2.45) is 0 Å². The molecule has 1 amide bonds. The molecule has 0 unspecified atom stereocenters. The number of nitrogens with one attached hydrogen (secondary N) is 2. The Morgan fingerprint density at radius 3 is 2.58 bits per heavy atom. The van der Waals surface area contributed by atoms with Crippen molar-refractivity contribution in [2.45, 2.75) is 6.42 Å². The largest absolute Gasteiger partial charge is 0.496 e. The lowest BCUT2D eigenvalue weighted by Crippen LogP contribution is -2.30. The van der Waals surface area contributed by atoms with Crippen molar-refractivity contribution in [3.05, 3.63) is 59.7 Å². The fourth-order valence-corrected chi connectivity index (χ4v) is 2.39. The van der Waals surface area contributed by atoms with E-state index in [-0.39, 0.29) is 12.5 Å². The highest BCUT2D eigenvalue weighted by molar-refractivity contribution is 5.92. The predicted molar refractivity (Wildman–Crippen MR) is 95.6 cm³/mol. The highest BCUT2D eigenvalue weighted by Gasteiger charge is 2.08. The van der Waals surface area contributed by atoms with Crippen LogP contribution in [0.4, 0.5) is 5.69 Å². The molecule has 5 heteroatoms. The number of carbonyl (C=O) groups excluding carboxylic acids is 1. The second-order valence-electron chi connectivity index (χ2n) is 5.41. The van der Waals surface area contributed by atoms with Crippen molar-refractivity contribution in [3.63, 3.8) is 0 Å². The topological polar surface area (TPSA) is 59.6 Å². The van der Waals surface area contributed by atoms with Gasteiger partial charge in [-0.15, -0.1) is 0 Å². The van der Waals surface area contributed by atoms with Gasteiger partial charge in [0.15, 0.2) is 0 Å². The van der Waals surface area contributed by atoms with Gasteiger partial charge >= 0.3 is 0 Å². The number of anilines is 1. The Balaban J connectivity index is 2.01. The van der Waals surface area contributed by atoms with Gasteiger partial charge in [0.25, 0.3) is 0 Å². The predicted octanol–water partition coefficient (Wildman–Crippen LogP) is 2.46. The molecule has 0 aliphatic carbocycles. The van der Waals surface area contributed by atoms with Gasteiger partial charge < -0.3 is 20.1 Å². The van der Waals surface area contributed by atoms with Gasteiger partial charge in [-0.1, -0.05) is 30.3 Å². The molecule has 128 valence electrons. The SMILES string of the molecule is COCCNCC(=O)Nc1ccc(OC)c(Cc2ccccc2)c1. The molecule has 0 bridgehead atoms. The Kier molecular flexibility index (Phi) is 7.26. The van der Waals surface area contributed by atoms with E-state index in [1.165, 1.54) is 5.56 Å². The zero-order valence-electron chi connectivity index (χ0n) is 14.2. The van der Waals surface area contributed by atoms with E-state index < -0.39 is 0 Å². The van der Waals surface area contributed by atoms with Crippen molar-refractivity contribution >= 4 is 11.6 Å². The van der Waals surface area contributed by atoms with Gasteiger partial charge in [0.2, 0.25) is 5.91 Å². The summed E-state index contributed by atoms with van der Waals surface area (Å²) in [5.74, 6) is 0.733. The second kappa shape index (κ2) is 9.70. The fourth-order valence-electron chi connectivity index (χ4n) is 2.39. The summed E-state index contributed by atoms with van der Waals surface area (Å²) in [6.45, 7) is 1.48. The van der Waals surface area contributed by atoms with Crippen LogP contribution in [0.25, 0.3) is 0 Å². The van der Waals surface area contributed by atoms with Crippen molar-refractivity contribution in [1.82, 2.24) is 5.32 Å². The standard InChI is InChI=1S/C19H24N2O3/c1-23-11-10-20-14-19(22)21-17-8-9-18(24-2)16(13-17)12-15-6-4-3-5-7-15/h3-9,13,20H,10-12,14H2,1-2H3,(H,21,22). The van der Waals surface area contributed by atoms with E-state index in [4.69, 9.17) is 9.47 Å². The minimum absolute atomic E-state index is 0.0815. The average Bonchev–Trinajstić information content (AvgIpc) is 2.60. The summed E-state index contributed by atoms with van der Waals surface area (Å²) in [5.41, 5.74) is 3.00. The number of rotatable bonds is 9. The van der Waals surface area contributed by atoms with Gasteiger partial charge in [-0.05, 0) is 23.8 Å². The smallest absolute Gasteiger partial charge is 0.238 e. The zero-order chi connectivity index (χ0) is 17.2. The first kappa shape index (κ1) is 18.0. The van der Waals surface area contributed by atoms with E-state index in [1.807, 2.05) is 36.4 Å². The van der Waals surface area contributed by atoms with Crippen molar-refractivity contribution < 1.29 is 14.3 Å². The highest BCUT2D eigenvalue weighted by Crippen LogP contribution is 2.25. The van der Waals surface area contributed by atoms with Crippen LogP contribution in [0.15, 0.2) is 48.5 Å². The maximum Gasteiger partial charge on any atom is 0.238 e. The summed E-state index contributed by atoms with van der Waals surface area (Å²) < 4.78 is 10.4. The lowest BCUT2D eigenvalue weighted by atomic mass is 10.0. The number of amides is 1. The summed E-state index contributed by atoms with van der Waals surface area (Å²) in [5, 5.41) is 5.92. The van der Waals surface area contributed by atoms with E-state index in [0.29, 0.717) is 13.2 Å². The summed E-state index contributed by atoms with van der Waals surface area (Å²) in [6.07, 6.45) is 0.750. The molecule has 0 fully saturated rings. The molecule has 2 aromatic rings. The first-order valence-electron chi connectivity index (χ1n) is 7.93. The Bertz CT molecular complexity index is 644. The molecule has 0 saturated heterocycles. The van der Waals surface area contributed by atoms with Crippen LogP contribution in [0.5, 0.6) is 5.75 Å². The Morgan fingerprint density at radius 1 is 1.08 bits per heavy atom. The Hall–Kier alpha value is -2.37. The summed E-state index contributed by atoms with van der Waals surface area (Å²) in [4.78, 5) is 12.0. The van der Waals surface area contributed by atoms with E-state index in [0.717, 1.165) is 23.4 Å². The number of hydrogen-bond donors (Lipinski definition) is 2. The number of methoxy groups -OCH3 is 2. The van der Waals surface area contributed by atoms with Crippen LogP contribution in [0.1, 0.15) is 11.1 Å². The van der Waals surface area contributed by atoms with Crippen molar-refractivity contribution in [2.75, 3.05) is 39.2 Å². The van der Waals surface area contributed by atoms with E-state index in [2.05, 4.69) is 22.8 Å². The van der Waals surface area contributed by atoms with Gasteiger partial charge in [-0.3, -0.25) is 4.79 Å². The monoisotopic (exact) mass is 328 g/mol. The molecular weight excluding hydrogens is 304 g/mol. The number of ether oxygens (including phenoxy) is 2. The maximum atomic E-state index is 12.0. The molecule has 2 aromatic carbocycles.